The van der Waals surface area contributed by atoms with Crippen LogP contribution in [0, 0.1) is 0 Å². The zero-order valence-corrected chi connectivity index (χ0v) is 9.45. The van der Waals surface area contributed by atoms with Crippen LogP contribution in [0.4, 0.5) is 0 Å². The summed E-state index contributed by atoms with van der Waals surface area (Å²) in [5.74, 6) is -0.892. The van der Waals surface area contributed by atoms with Crippen molar-refractivity contribution in [1.82, 2.24) is 0 Å². The zero-order valence-electron chi connectivity index (χ0n) is 8.63. The van der Waals surface area contributed by atoms with E-state index in [0.717, 1.165) is 0 Å². The molecule has 0 radical (unpaired) electrons. The third kappa shape index (κ3) is 3.80. The summed E-state index contributed by atoms with van der Waals surface area (Å²) >= 11 is 0. The van der Waals surface area contributed by atoms with Crippen molar-refractivity contribution >= 4 is 16.4 Å². The molecule has 16 heavy (non-hydrogen) atoms. The molecule has 0 spiro atoms. The lowest BCUT2D eigenvalue weighted by atomic mass is 10.1. The molecule has 0 bridgehead atoms. The molecule has 0 aromatic heterocycles. The summed E-state index contributed by atoms with van der Waals surface area (Å²) < 4.78 is 43.4. The van der Waals surface area contributed by atoms with E-state index in [0.29, 0.717) is 0 Å². The number of carbonyl (C=O) groups is 1. The molecule has 0 amide bonds. The molecule has 8 heteroatoms. The first-order chi connectivity index (χ1) is 7.44. The van der Waals surface area contributed by atoms with Crippen molar-refractivity contribution in [2.75, 3.05) is 19.8 Å². The second-order valence-electron chi connectivity index (χ2n) is 2.94. The fourth-order valence-electron chi connectivity index (χ4n) is 1.20. The minimum absolute atomic E-state index is 0.0747. The Morgan fingerprint density at radius 1 is 1.56 bits per heavy atom. The quantitative estimate of drug-likeness (QED) is 0.557. The average molecular weight is 252 g/mol. The SMILES string of the molecule is CCOC(=O)C1=C(OS(=O)(=O)O)COCC1. The maximum atomic E-state index is 11.4. The van der Waals surface area contributed by atoms with E-state index in [-0.39, 0.29) is 37.6 Å². The number of esters is 1. The van der Waals surface area contributed by atoms with Gasteiger partial charge in [0, 0.05) is 6.42 Å². The van der Waals surface area contributed by atoms with Crippen LogP contribution in [0.1, 0.15) is 13.3 Å². The molecular formula is C8H12O7S. The van der Waals surface area contributed by atoms with E-state index in [1.165, 1.54) is 0 Å². The predicted molar refractivity (Wildman–Crippen MR) is 51.7 cm³/mol. The third-order valence-electron chi connectivity index (χ3n) is 1.79. The second-order valence-corrected chi connectivity index (χ2v) is 3.96. The number of rotatable bonds is 4. The van der Waals surface area contributed by atoms with Crippen LogP contribution in [-0.4, -0.2) is 38.8 Å². The van der Waals surface area contributed by atoms with E-state index in [9.17, 15) is 13.2 Å². The van der Waals surface area contributed by atoms with Crippen molar-refractivity contribution in [1.29, 1.82) is 0 Å². The van der Waals surface area contributed by atoms with Gasteiger partial charge >= 0.3 is 16.4 Å². The molecule has 7 nitrogen and oxygen atoms in total. The molecule has 1 rings (SSSR count). The maximum Gasteiger partial charge on any atom is 0.446 e. The smallest absolute Gasteiger partial charge is 0.446 e. The fraction of sp³-hybridized carbons (Fsp3) is 0.625. The lowest BCUT2D eigenvalue weighted by Crippen LogP contribution is -2.22. The van der Waals surface area contributed by atoms with E-state index in [1.54, 1.807) is 6.92 Å². The standard InChI is InChI=1S/C8H12O7S/c1-2-14-8(9)6-3-4-13-5-7(6)15-16(10,11)12/h2-5H2,1H3,(H,10,11,12). The van der Waals surface area contributed by atoms with E-state index in [1.807, 2.05) is 0 Å². The monoisotopic (exact) mass is 252 g/mol. The van der Waals surface area contributed by atoms with E-state index in [4.69, 9.17) is 14.0 Å². The largest absolute Gasteiger partial charge is 0.463 e. The van der Waals surface area contributed by atoms with Gasteiger partial charge in [-0.25, -0.2) is 4.79 Å². The van der Waals surface area contributed by atoms with Crippen LogP contribution in [0.2, 0.25) is 0 Å². The summed E-state index contributed by atoms with van der Waals surface area (Å²) in [6.07, 6.45) is 0.184. The Morgan fingerprint density at radius 2 is 2.25 bits per heavy atom. The molecule has 0 aromatic rings. The van der Waals surface area contributed by atoms with Crippen LogP contribution in [0.25, 0.3) is 0 Å². The third-order valence-corrected chi connectivity index (χ3v) is 2.21. The summed E-state index contributed by atoms with van der Waals surface area (Å²) in [6.45, 7) is 1.88. The Hall–Kier alpha value is -1.12. The van der Waals surface area contributed by atoms with Gasteiger partial charge in [0.1, 0.15) is 6.61 Å². The highest BCUT2D eigenvalue weighted by Crippen LogP contribution is 2.19. The van der Waals surface area contributed by atoms with Crippen LogP contribution >= 0.6 is 0 Å². The molecule has 1 heterocycles. The van der Waals surface area contributed by atoms with Gasteiger partial charge in [-0.05, 0) is 6.92 Å². The summed E-state index contributed by atoms with van der Waals surface area (Å²) in [4.78, 5) is 11.4. The number of hydrogen-bond acceptors (Lipinski definition) is 6. The topological polar surface area (TPSA) is 99.1 Å². The van der Waals surface area contributed by atoms with Crippen molar-refractivity contribution in [2.45, 2.75) is 13.3 Å². The van der Waals surface area contributed by atoms with Gasteiger partial charge in [-0.15, -0.1) is 0 Å². The highest BCUT2D eigenvalue weighted by Gasteiger charge is 2.25. The molecule has 0 aromatic carbocycles. The van der Waals surface area contributed by atoms with Crippen molar-refractivity contribution in [2.24, 2.45) is 0 Å². The molecule has 0 fully saturated rings. The first kappa shape index (κ1) is 12.9. The summed E-state index contributed by atoms with van der Waals surface area (Å²) in [5.41, 5.74) is 0.0747. The van der Waals surface area contributed by atoms with Gasteiger partial charge < -0.3 is 13.7 Å². The minimum atomic E-state index is -4.65. The van der Waals surface area contributed by atoms with Crippen molar-refractivity contribution in [3.63, 3.8) is 0 Å². The first-order valence-electron chi connectivity index (χ1n) is 4.58. The van der Waals surface area contributed by atoms with Crippen LogP contribution in [-0.2, 0) is 28.9 Å². The Bertz CT molecular complexity index is 395. The summed E-state index contributed by atoms with van der Waals surface area (Å²) in [6, 6.07) is 0. The summed E-state index contributed by atoms with van der Waals surface area (Å²) in [5, 5.41) is 0. The minimum Gasteiger partial charge on any atom is -0.463 e. The molecule has 0 aliphatic carbocycles. The molecule has 0 saturated carbocycles. The van der Waals surface area contributed by atoms with Gasteiger partial charge in [-0.2, -0.15) is 8.42 Å². The van der Waals surface area contributed by atoms with Gasteiger partial charge in [-0.1, -0.05) is 0 Å². The lowest BCUT2D eigenvalue weighted by Gasteiger charge is -2.18. The molecule has 92 valence electrons. The lowest BCUT2D eigenvalue weighted by molar-refractivity contribution is -0.139. The molecular weight excluding hydrogens is 240 g/mol. The second kappa shape index (κ2) is 5.28. The van der Waals surface area contributed by atoms with E-state index >= 15 is 0 Å². The Kier molecular flexibility index (Phi) is 4.27. The number of carbonyl (C=O) groups excluding carboxylic acids is 1. The Morgan fingerprint density at radius 3 is 2.81 bits per heavy atom. The number of ether oxygens (including phenoxy) is 2. The zero-order chi connectivity index (χ0) is 12.2. The fourth-order valence-corrected chi connectivity index (χ4v) is 1.60. The first-order valence-corrected chi connectivity index (χ1v) is 5.94. The van der Waals surface area contributed by atoms with Gasteiger partial charge in [0.15, 0.2) is 5.76 Å². The molecule has 1 aliphatic heterocycles. The van der Waals surface area contributed by atoms with Crippen molar-refractivity contribution < 1.29 is 31.4 Å². The average Bonchev–Trinajstić information content (AvgIpc) is 2.16. The predicted octanol–water partition coefficient (Wildman–Crippen LogP) is 0.0433. The van der Waals surface area contributed by atoms with E-state index < -0.39 is 16.4 Å². The number of hydrogen-bond donors (Lipinski definition) is 1. The Labute approximate surface area is 92.9 Å². The molecule has 0 saturated heterocycles. The molecule has 1 aliphatic rings. The maximum absolute atomic E-state index is 11.4. The van der Waals surface area contributed by atoms with Crippen LogP contribution in [0.3, 0.4) is 0 Å². The van der Waals surface area contributed by atoms with Gasteiger partial charge in [-0.3, -0.25) is 4.55 Å². The molecule has 1 N–H and O–H groups in total. The molecule has 0 atom stereocenters. The van der Waals surface area contributed by atoms with E-state index in [2.05, 4.69) is 4.18 Å². The van der Waals surface area contributed by atoms with Crippen LogP contribution < -0.4 is 0 Å². The van der Waals surface area contributed by atoms with Gasteiger partial charge in [0.25, 0.3) is 0 Å². The van der Waals surface area contributed by atoms with Crippen LogP contribution in [0.5, 0.6) is 0 Å². The van der Waals surface area contributed by atoms with Crippen molar-refractivity contribution in [3.8, 4) is 0 Å². The highest BCUT2D eigenvalue weighted by molar-refractivity contribution is 7.81. The van der Waals surface area contributed by atoms with Crippen LogP contribution in [0.15, 0.2) is 11.3 Å². The summed E-state index contributed by atoms with van der Waals surface area (Å²) in [7, 11) is -4.65. The normalized spacial score (nSPS) is 17.1. The highest BCUT2D eigenvalue weighted by atomic mass is 32.3. The van der Waals surface area contributed by atoms with Gasteiger partial charge in [0.05, 0.1) is 18.8 Å². The Balaban J connectivity index is 2.91. The molecule has 0 unspecified atom stereocenters. The van der Waals surface area contributed by atoms with Gasteiger partial charge in [0.2, 0.25) is 0 Å². The van der Waals surface area contributed by atoms with Crippen molar-refractivity contribution in [3.05, 3.63) is 11.3 Å².